The second-order valence-corrected chi connectivity index (χ2v) is 13.1. The van der Waals surface area contributed by atoms with Crippen molar-refractivity contribution in [2.75, 3.05) is 0 Å². The maximum atomic E-state index is 3.33. The average molecular weight is 610 g/mol. The quantitative estimate of drug-likeness (QED) is 0.176. The standard InChI is InChI=1S/C47H31N/c1-30-12-10-21-36-35(30)20-11-23-44(36)48-43-22-9-8-15-37(43)42-29-34(26-27-45(42)48)47-40-18-6-4-16-38(40)46(39-17-5-7-19-41(39)47)33-25-24-31-13-2-3-14-32(31)28-33/h2,4-11,13,15-30H,12H2,1H3. The fourth-order valence-electron chi connectivity index (χ4n) is 8.25. The number of nitrogens with zero attached hydrogens (tertiary/aromatic N) is 1. The molecule has 0 bridgehead atoms. The number of benzene rings is 7. The number of hydrogen-bond acceptors (Lipinski definition) is 0. The summed E-state index contributed by atoms with van der Waals surface area (Å²) in [6, 6.07) is 57.8. The van der Waals surface area contributed by atoms with Crippen LogP contribution < -0.4 is 0 Å². The summed E-state index contributed by atoms with van der Waals surface area (Å²) in [4.78, 5) is 0. The van der Waals surface area contributed by atoms with E-state index in [0.29, 0.717) is 5.92 Å². The van der Waals surface area contributed by atoms with Crippen molar-refractivity contribution in [1.82, 2.24) is 4.57 Å². The highest BCUT2D eigenvalue weighted by Crippen LogP contribution is 2.46. The third kappa shape index (κ3) is 3.93. The Morgan fingerprint density at radius 2 is 1.23 bits per heavy atom. The molecule has 0 fully saturated rings. The molecule has 1 aliphatic carbocycles. The highest BCUT2D eigenvalue weighted by Gasteiger charge is 2.21. The van der Waals surface area contributed by atoms with Gasteiger partial charge in [0, 0.05) is 21.7 Å². The summed E-state index contributed by atoms with van der Waals surface area (Å²) in [5.74, 6) is 0.514. The van der Waals surface area contributed by atoms with Crippen molar-refractivity contribution in [2.24, 2.45) is 0 Å². The monoisotopic (exact) mass is 609 g/mol. The lowest BCUT2D eigenvalue weighted by Crippen LogP contribution is -2.05. The van der Waals surface area contributed by atoms with Gasteiger partial charge in [0.1, 0.15) is 0 Å². The molecule has 224 valence electrons. The van der Waals surface area contributed by atoms with E-state index in [0.717, 1.165) is 11.8 Å². The summed E-state index contributed by atoms with van der Waals surface area (Å²) >= 11 is 0. The molecule has 0 amide bonds. The van der Waals surface area contributed by atoms with Crippen molar-refractivity contribution in [3.05, 3.63) is 169 Å². The molecule has 1 atom stereocenters. The van der Waals surface area contributed by atoms with Crippen LogP contribution in [-0.4, -0.2) is 4.57 Å². The van der Waals surface area contributed by atoms with Gasteiger partial charge >= 0.3 is 0 Å². The van der Waals surface area contributed by atoms with E-state index in [2.05, 4.69) is 169 Å². The van der Waals surface area contributed by atoms with Gasteiger partial charge in [-0.2, -0.15) is 0 Å². The molecule has 0 saturated heterocycles. The minimum Gasteiger partial charge on any atom is -0.309 e. The Bertz CT molecular complexity index is 2720. The van der Waals surface area contributed by atoms with E-state index in [1.807, 2.05) is 6.07 Å². The van der Waals surface area contributed by atoms with Crippen molar-refractivity contribution in [1.29, 1.82) is 0 Å². The summed E-state index contributed by atoms with van der Waals surface area (Å²) in [5.41, 5.74) is 11.4. The van der Waals surface area contributed by atoms with Crippen LogP contribution in [0.2, 0.25) is 0 Å². The second kappa shape index (κ2) is 10.5. The summed E-state index contributed by atoms with van der Waals surface area (Å²) in [7, 11) is 0. The normalized spacial score (nSPS) is 14.2. The van der Waals surface area contributed by atoms with Crippen LogP contribution in [0, 0.1) is 12.1 Å². The number of allylic oxidation sites excluding steroid dienone is 1. The molecule has 10 rings (SSSR count). The molecule has 1 aromatic heterocycles. The first-order valence-corrected chi connectivity index (χ1v) is 16.8. The minimum atomic E-state index is 0.514. The molecule has 1 nitrogen and oxygen atoms in total. The van der Waals surface area contributed by atoms with Gasteiger partial charge in [0.05, 0.1) is 16.7 Å². The summed E-state index contributed by atoms with van der Waals surface area (Å²) in [6.45, 7) is 2.33. The van der Waals surface area contributed by atoms with Crippen LogP contribution in [0.25, 0.3) is 88.1 Å². The molecular weight excluding hydrogens is 579 g/mol. The summed E-state index contributed by atoms with van der Waals surface area (Å²) < 4.78 is 2.48. The molecule has 0 N–H and O–H groups in total. The average Bonchev–Trinajstić information content (AvgIpc) is 3.47. The Labute approximate surface area is 280 Å². The molecule has 0 aliphatic heterocycles. The van der Waals surface area contributed by atoms with E-state index in [4.69, 9.17) is 0 Å². The van der Waals surface area contributed by atoms with Crippen molar-refractivity contribution in [3.63, 3.8) is 0 Å². The lowest BCUT2D eigenvalue weighted by Gasteiger charge is -2.22. The zero-order valence-electron chi connectivity index (χ0n) is 26.7. The summed E-state index contributed by atoms with van der Waals surface area (Å²) in [5, 5.41) is 9.83. The lowest BCUT2D eigenvalue weighted by molar-refractivity contribution is 0.770. The molecule has 1 unspecified atom stereocenters. The van der Waals surface area contributed by atoms with Gasteiger partial charge in [0.2, 0.25) is 0 Å². The molecule has 1 heterocycles. The topological polar surface area (TPSA) is 4.93 Å². The fourth-order valence-corrected chi connectivity index (χ4v) is 8.25. The number of hydrogen-bond donors (Lipinski definition) is 0. The molecule has 8 aromatic carbocycles. The Balaban J connectivity index is 1.26. The molecule has 0 spiro atoms. The van der Waals surface area contributed by atoms with Gasteiger partial charge in [0.15, 0.2) is 0 Å². The number of para-hydroxylation sites is 1. The lowest BCUT2D eigenvalue weighted by atomic mass is 9.85. The third-order valence-corrected chi connectivity index (χ3v) is 10.5. The van der Waals surface area contributed by atoms with Gasteiger partial charge in [-0.3, -0.25) is 0 Å². The fraction of sp³-hybridized carbons (Fsp3) is 0.0638. The van der Waals surface area contributed by atoms with Crippen molar-refractivity contribution >= 4 is 60.2 Å². The van der Waals surface area contributed by atoms with Gasteiger partial charge in [0.25, 0.3) is 0 Å². The van der Waals surface area contributed by atoms with Gasteiger partial charge in [-0.25, -0.2) is 0 Å². The SMILES string of the molecule is CC1CC=Cc2c1cccc2-n1c2ccccc2c2cc(-c3c4ccccc4c(-c4ccc5ccc#cc5c4)c4ccccc34)ccc21. The highest BCUT2D eigenvalue weighted by molar-refractivity contribution is 6.22. The highest BCUT2D eigenvalue weighted by atomic mass is 15.0. The van der Waals surface area contributed by atoms with Crippen molar-refractivity contribution in [2.45, 2.75) is 19.3 Å². The first kappa shape index (κ1) is 27.1. The largest absolute Gasteiger partial charge is 0.309 e. The van der Waals surface area contributed by atoms with Crippen LogP contribution in [0.3, 0.4) is 0 Å². The van der Waals surface area contributed by atoms with E-state index >= 15 is 0 Å². The molecule has 48 heavy (non-hydrogen) atoms. The Kier molecular flexibility index (Phi) is 5.90. The number of rotatable bonds is 3. The van der Waals surface area contributed by atoms with Crippen LogP contribution in [0.5, 0.6) is 0 Å². The minimum absolute atomic E-state index is 0.514. The first-order valence-electron chi connectivity index (χ1n) is 16.8. The van der Waals surface area contributed by atoms with Crippen molar-refractivity contribution < 1.29 is 0 Å². The third-order valence-electron chi connectivity index (χ3n) is 10.5. The van der Waals surface area contributed by atoms with E-state index in [9.17, 15) is 0 Å². The second-order valence-electron chi connectivity index (χ2n) is 13.1. The molecule has 0 saturated carbocycles. The van der Waals surface area contributed by atoms with E-state index in [-0.39, 0.29) is 0 Å². The Morgan fingerprint density at radius 3 is 1.98 bits per heavy atom. The van der Waals surface area contributed by atoms with E-state index < -0.39 is 0 Å². The maximum Gasteiger partial charge on any atom is 0.0541 e. The van der Waals surface area contributed by atoms with Crippen LogP contribution in [0.1, 0.15) is 30.4 Å². The van der Waals surface area contributed by atoms with E-state index in [1.54, 1.807) is 0 Å². The van der Waals surface area contributed by atoms with E-state index in [1.165, 1.54) is 87.8 Å². The number of fused-ring (bicyclic) bond motifs is 7. The van der Waals surface area contributed by atoms with Crippen LogP contribution in [0.15, 0.2) is 146 Å². The molecule has 9 aromatic rings. The predicted molar refractivity (Wildman–Crippen MR) is 204 cm³/mol. The number of aromatic nitrogens is 1. The zero-order valence-corrected chi connectivity index (χ0v) is 26.7. The molecular formula is C47H31N. The summed E-state index contributed by atoms with van der Waals surface area (Å²) in [6.07, 6.45) is 5.74. The molecule has 1 heteroatoms. The predicted octanol–water partition coefficient (Wildman–Crippen LogP) is 12.7. The van der Waals surface area contributed by atoms with Crippen LogP contribution >= 0.6 is 0 Å². The van der Waals surface area contributed by atoms with Gasteiger partial charge < -0.3 is 4.57 Å². The zero-order chi connectivity index (χ0) is 31.8. The van der Waals surface area contributed by atoms with Crippen LogP contribution in [-0.2, 0) is 0 Å². The Morgan fingerprint density at radius 1 is 0.583 bits per heavy atom. The maximum absolute atomic E-state index is 3.33. The van der Waals surface area contributed by atoms with Gasteiger partial charge in [-0.15, -0.1) is 0 Å². The molecule has 1 aliphatic rings. The molecule has 0 radical (unpaired) electrons. The van der Waals surface area contributed by atoms with Gasteiger partial charge in [-0.1, -0.05) is 128 Å². The van der Waals surface area contributed by atoms with Crippen molar-refractivity contribution in [3.8, 4) is 27.9 Å². The van der Waals surface area contributed by atoms with Crippen LogP contribution in [0.4, 0.5) is 0 Å². The first-order chi connectivity index (χ1) is 23.7. The smallest absolute Gasteiger partial charge is 0.0541 e. The Hall–Kier alpha value is -6.10. The van der Waals surface area contributed by atoms with Gasteiger partial charge in [-0.05, 0) is 110 Å².